The molecule has 5 rings (SSSR count). The highest BCUT2D eigenvalue weighted by Gasteiger charge is 2.43. The fourth-order valence-electron chi connectivity index (χ4n) is 4.56. The highest BCUT2D eigenvalue weighted by molar-refractivity contribution is 7.92. The van der Waals surface area contributed by atoms with Crippen LogP contribution in [0, 0.1) is 6.92 Å². The number of thiocarbonyl (C=S) groups is 1. The Hall–Kier alpha value is -3.60. The summed E-state index contributed by atoms with van der Waals surface area (Å²) in [5.41, 5.74) is 3.64. The number of pyridine rings is 1. The van der Waals surface area contributed by atoms with Crippen LogP contribution in [0.3, 0.4) is 0 Å². The Labute approximate surface area is 231 Å². The van der Waals surface area contributed by atoms with Crippen LogP contribution in [0.15, 0.2) is 77.3 Å². The minimum absolute atomic E-state index is 0.296. The molecule has 4 aromatic rings. The first-order valence-electron chi connectivity index (χ1n) is 11.7. The van der Waals surface area contributed by atoms with Gasteiger partial charge in [0.2, 0.25) is 10.0 Å². The Morgan fingerprint density at radius 1 is 1.13 bits per heavy atom. The van der Waals surface area contributed by atoms with E-state index in [9.17, 15) is 8.42 Å². The minimum Gasteiger partial charge on any atom is -0.495 e. The van der Waals surface area contributed by atoms with Crippen molar-refractivity contribution in [2.45, 2.75) is 19.0 Å². The van der Waals surface area contributed by atoms with Crippen LogP contribution in [0.5, 0.6) is 5.75 Å². The summed E-state index contributed by atoms with van der Waals surface area (Å²) in [7, 11) is -2.08. The van der Waals surface area contributed by atoms with E-state index < -0.39 is 16.1 Å². The van der Waals surface area contributed by atoms with Crippen LogP contribution < -0.4 is 19.7 Å². The third kappa shape index (κ3) is 5.20. The van der Waals surface area contributed by atoms with Gasteiger partial charge in [0, 0.05) is 22.5 Å². The minimum atomic E-state index is -3.55. The Bertz CT molecular complexity index is 1610. The molecular formula is C27H25ClN4O4S2. The zero-order chi connectivity index (χ0) is 27.0. The highest BCUT2D eigenvalue weighted by atomic mass is 35.5. The monoisotopic (exact) mass is 568 g/mol. The lowest BCUT2D eigenvalue weighted by atomic mass is 10.0. The average Bonchev–Trinajstić information content (AvgIpc) is 3.49. The molecule has 1 saturated heterocycles. The summed E-state index contributed by atoms with van der Waals surface area (Å²) < 4.78 is 38.4. The molecule has 38 heavy (non-hydrogen) atoms. The van der Waals surface area contributed by atoms with Crippen LogP contribution in [0.1, 0.15) is 29.1 Å². The Balaban J connectivity index is 1.63. The largest absolute Gasteiger partial charge is 0.495 e. The number of benzene rings is 2. The Morgan fingerprint density at radius 2 is 1.95 bits per heavy atom. The third-order valence-electron chi connectivity index (χ3n) is 6.24. The molecule has 3 heterocycles. The maximum atomic E-state index is 12.0. The number of halogens is 1. The molecule has 2 aromatic heterocycles. The Morgan fingerprint density at radius 3 is 2.66 bits per heavy atom. The molecule has 0 radical (unpaired) electrons. The average molecular weight is 569 g/mol. The van der Waals surface area contributed by atoms with Gasteiger partial charge in [-0.05, 0) is 79.3 Å². The summed E-state index contributed by atoms with van der Waals surface area (Å²) >= 11 is 12.1. The molecule has 0 saturated carbocycles. The van der Waals surface area contributed by atoms with Crippen LogP contribution >= 0.6 is 23.8 Å². The molecule has 1 aliphatic rings. The van der Waals surface area contributed by atoms with Crippen molar-refractivity contribution in [2.75, 3.05) is 23.0 Å². The molecule has 2 N–H and O–H groups in total. The molecule has 1 aliphatic heterocycles. The van der Waals surface area contributed by atoms with E-state index in [4.69, 9.17) is 33.0 Å². The van der Waals surface area contributed by atoms with Gasteiger partial charge in [0.1, 0.15) is 23.3 Å². The summed E-state index contributed by atoms with van der Waals surface area (Å²) in [6, 6.07) is 19.6. The standard InChI is InChI=1S/C27H25ClN4O4S2/c1-16-7-8-17(28)14-19(16)22-11-12-24(36-22)26-25(20-6-4-5-13-29-20)30-27(37)32(26)18-9-10-23(35-2)21(15-18)31-38(3,33)34/h4-15,25-26,31H,1-3H3,(H,30,37)/t25-,26-/m0/s1. The number of aromatic nitrogens is 1. The molecule has 11 heteroatoms. The Kier molecular flexibility index (Phi) is 7.04. The van der Waals surface area contributed by atoms with Gasteiger partial charge < -0.3 is 19.4 Å². The number of hydrogen-bond acceptors (Lipinski definition) is 6. The van der Waals surface area contributed by atoms with Gasteiger partial charge in [-0.15, -0.1) is 0 Å². The van der Waals surface area contributed by atoms with E-state index in [2.05, 4.69) is 15.0 Å². The zero-order valence-corrected chi connectivity index (χ0v) is 23.2. The van der Waals surface area contributed by atoms with Crippen LogP contribution in [-0.4, -0.2) is 31.9 Å². The quantitative estimate of drug-likeness (QED) is 0.268. The molecule has 0 unspecified atom stereocenters. The smallest absolute Gasteiger partial charge is 0.229 e. The van der Waals surface area contributed by atoms with Gasteiger partial charge in [-0.1, -0.05) is 23.7 Å². The number of nitrogens with one attached hydrogen (secondary N) is 2. The number of aryl methyl sites for hydroxylation is 1. The summed E-state index contributed by atoms with van der Waals surface area (Å²) in [5.74, 6) is 1.70. The molecule has 0 spiro atoms. The van der Waals surface area contributed by atoms with Gasteiger partial charge in [0.05, 0.1) is 30.8 Å². The highest BCUT2D eigenvalue weighted by Crippen LogP contribution is 2.44. The fraction of sp³-hybridized carbons (Fsp3) is 0.185. The van der Waals surface area contributed by atoms with Crippen LogP contribution in [-0.2, 0) is 10.0 Å². The predicted molar refractivity (Wildman–Crippen MR) is 153 cm³/mol. The second kappa shape index (κ2) is 10.3. The van der Waals surface area contributed by atoms with Gasteiger partial charge >= 0.3 is 0 Å². The first kappa shape index (κ1) is 26.0. The SMILES string of the molecule is COc1ccc(N2C(=S)N[C@@H](c3ccccn3)[C@@H]2c2ccc(-c3cc(Cl)ccc3C)o2)cc1NS(C)(=O)=O. The van der Waals surface area contributed by atoms with Crippen LogP contribution in [0.4, 0.5) is 11.4 Å². The molecule has 2 atom stereocenters. The van der Waals surface area contributed by atoms with E-state index in [1.807, 2.05) is 66.4 Å². The summed E-state index contributed by atoms with van der Waals surface area (Å²) in [6.07, 6.45) is 2.81. The van der Waals surface area contributed by atoms with E-state index in [0.29, 0.717) is 38.8 Å². The predicted octanol–water partition coefficient (Wildman–Crippen LogP) is 5.86. The molecule has 0 aliphatic carbocycles. The number of methoxy groups -OCH3 is 1. The van der Waals surface area contributed by atoms with Gasteiger partial charge in [-0.25, -0.2) is 8.42 Å². The number of hydrogen-bond donors (Lipinski definition) is 2. The number of nitrogens with zero attached hydrogens (tertiary/aromatic N) is 2. The normalized spacial score (nSPS) is 17.4. The van der Waals surface area contributed by atoms with Gasteiger partial charge in [-0.3, -0.25) is 9.71 Å². The first-order chi connectivity index (χ1) is 18.1. The van der Waals surface area contributed by atoms with Crippen molar-refractivity contribution >= 4 is 50.3 Å². The van der Waals surface area contributed by atoms with Crippen LogP contribution in [0.25, 0.3) is 11.3 Å². The number of ether oxygens (including phenoxy) is 1. The maximum absolute atomic E-state index is 12.0. The number of furan rings is 1. The van der Waals surface area contributed by atoms with Crippen molar-refractivity contribution in [3.05, 3.63) is 95.0 Å². The lowest BCUT2D eigenvalue weighted by molar-refractivity contribution is 0.416. The van der Waals surface area contributed by atoms with E-state index in [0.717, 1.165) is 23.1 Å². The zero-order valence-electron chi connectivity index (χ0n) is 20.8. The molecule has 2 aromatic carbocycles. The lowest BCUT2D eigenvalue weighted by Gasteiger charge is -2.27. The second-order valence-corrected chi connectivity index (χ2v) is 11.5. The van der Waals surface area contributed by atoms with Crippen molar-refractivity contribution in [1.29, 1.82) is 0 Å². The molecule has 196 valence electrons. The van der Waals surface area contributed by atoms with Crippen LogP contribution in [0.2, 0.25) is 5.02 Å². The third-order valence-corrected chi connectivity index (χ3v) is 7.38. The molecule has 0 bridgehead atoms. The molecule has 0 amide bonds. The topological polar surface area (TPSA) is 96.7 Å². The van der Waals surface area contributed by atoms with Gasteiger partial charge in [-0.2, -0.15) is 0 Å². The van der Waals surface area contributed by atoms with Crippen molar-refractivity contribution < 1.29 is 17.6 Å². The van der Waals surface area contributed by atoms with E-state index in [1.165, 1.54) is 7.11 Å². The van der Waals surface area contributed by atoms with Crippen molar-refractivity contribution in [3.8, 4) is 17.1 Å². The van der Waals surface area contributed by atoms with Gasteiger partial charge in [0.25, 0.3) is 0 Å². The second-order valence-electron chi connectivity index (χ2n) is 8.92. The first-order valence-corrected chi connectivity index (χ1v) is 14.3. The van der Waals surface area contributed by atoms with E-state index >= 15 is 0 Å². The molecular weight excluding hydrogens is 544 g/mol. The van der Waals surface area contributed by atoms with Crippen molar-refractivity contribution in [2.24, 2.45) is 0 Å². The van der Waals surface area contributed by atoms with Crippen molar-refractivity contribution in [1.82, 2.24) is 10.3 Å². The van der Waals surface area contributed by atoms with E-state index in [-0.39, 0.29) is 6.04 Å². The molecule has 1 fully saturated rings. The number of rotatable bonds is 7. The number of sulfonamides is 1. The fourth-order valence-corrected chi connectivity index (χ4v) is 5.64. The van der Waals surface area contributed by atoms with Crippen molar-refractivity contribution in [3.63, 3.8) is 0 Å². The number of anilines is 2. The van der Waals surface area contributed by atoms with Gasteiger partial charge in [0.15, 0.2) is 5.11 Å². The summed E-state index contributed by atoms with van der Waals surface area (Å²) in [6.45, 7) is 2.00. The van der Waals surface area contributed by atoms with E-state index in [1.54, 1.807) is 18.3 Å². The summed E-state index contributed by atoms with van der Waals surface area (Å²) in [4.78, 5) is 6.46. The lowest BCUT2D eigenvalue weighted by Crippen LogP contribution is -2.29. The molecule has 8 nitrogen and oxygen atoms in total. The summed E-state index contributed by atoms with van der Waals surface area (Å²) in [5, 5.41) is 4.43. The maximum Gasteiger partial charge on any atom is 0.229 e.